The number of pyridine rings is 1. The molecule has 34 heavy (non-hydrogen) atoms. The highest BCUT2D eigenvalue weighted by atomic mass is 35.5. The first kappa shape index (κ1) is 24.1. The van der Waals surface area contributed by atoms with Crippen LogP contribution < -0.4 is 5.73 Å². The number of anilines is 1. The third kappa shape index (κ3) is 4.91. The lowest BCUT2D eigenvalue weighted by atomic mass is 9.97. The Morgan fingerprint density at radius 1 is 1.03 bits per heavy atom. The first-order valence-corrected chi connectivity index (χ1v) is 12.0. The lowest BCUT2D eigenvalue weighted by Crippen LogP contribution is -2.54. The Morgan fingerprint density at radius 2 is 1.74 bits per heavy atom. The number of amides is 1. The number of hydrogen-bond acceptors (Lipinski definition) is 6. The van der Waals surface area contributed by atoms with Crippen LogP contribution in [0.3, 0.4) is 0 Å². The van der Waals surface area contributed by atoms with E-state index in [0.717, 1.165) is 47.6 Å². The van der Waals surface area contributed by atoms with Gasteiger partial charge in [0, 0.05) is 54.6 Å². The summed E-state index contributed by atoms with van der Waals surface area (Å²) in [5.74, 6) is 0.416. The zero-order chi connectivity index (χ0) is 24.5. The van der Waals surface area contributed by atoms with E-state index in [-0.39, 0.29) is 11.4 Å². The van der Waals surface area contributed by atoms with Crippen LogP contribution in [0.15, 0.2) is 42.9 Å². The maximum atomic E-state index is 13.2. The molecule has 0 spiro atoms. The van der Waals surface area contributed by atoms with Crippen LogP contribution >= 0.6 is 11.6 Å². The van der Waals surface area contributed by atoms with Gasteiger partial charge in [-0.05, 0) is 51.5 Å². The molecule has 1 fully saturated rings. The Bertz CT molecular complexity index is 1180. The molecular weight excluding hydrogens is 448 g/mol. The Kier molecular flexibility index (Phi) is 6.86. The van der Waals surface area contributed by atoms with Crippen molar-refractivity contribution in [3.8, 4) is 22.4 Å². The molecule has 4 rings (SSSR count). The van der Waals surface area contributed by atoms with E-state index in [1.54, 1.807) is 24.7 Å². The summed E-state index contributed by atoms with van der Waals surface area (Å²) in [7, 11) is 0. The average Bonchev–Trinajstić information content (AvgIpc) is 2.83. The van der Waals surface area contributed by atoms with Crippen LogP contribution in [0.25, 0.3) is 22.4 Å². The van der Waals surface area contributed by atoms with Crippen molar-refractivity contribution in [3.05, 3.63) is 59.1 Å². The minimum absolute atomic E-state index is 0.0370. The zero-order valence-electron chi connectivity index (χ0n) is 20.2. The van der Waals surface area contributed by atoms with Gasteiger partial charge in [-0.3, -0.25) is 9.69 Å². The van der Waals surface area contributed by atoms with E-state index in [0.29, 0.717) is 29.5 Å². The van der Waals surface area contributed by atoms with Gasteiger partial charge in [0.2, 0.25) is 0 Å². The summed E-state index contributed by atoms with van der Waals surface area (Å²) in [6.45, 7) is 11.7. The average molecular weight is 479 g/mol. The molecule has 1 amide bonds. The molecular formula is C26H31ClN6O. The Balaban J connectivity index is 1.63. The van der Waals surface area contributed by atoms with E-state index in [1.165, 1.54) is 0 Å². The van der Waals surface area contributed by atoms with Crippen molar-refractivity contribution in [2.24, 2.45) is 0 Å². The van der Waals surface area contributed by atoms with Crippen LogP contribution in [0.2, 0.25) is 5.02 Å². The van der Waals surface area contributed by atoms with Gasteiger partial charge in [0.25, 0.3) is 5.91 Å². The largest absolute Gasteiger partial charge is 0.384 e. The third-order valence-corrected chi connectivity index (χ3v) is 6.64. The summed E-state index contributed by atoms with van der Waals surface area (Å²) in [4.78, 5) is 30.8. The van der Waals surface area contributed by atoms with Crippen LogP contribution in [-0.4, -0.2) is 62.4 Å². The van der Waals surface area contributed by atoms with E-state index >= 15 is 0 Å². The first-order valence-electron chi connectivity index (χ1n) is 11.6. The predicted octanol–water partition coefficient (Wildman–Crippen LogP) is 4.56. The van der Waals surface area contributed by atoms with Crippen LogP contribution in [0, 0.1) is 0 Å². The smallest absolute Gasteiger partial charge is 0.255 e. The highest BCUT2D eigenvalue weighted by molar-refractivity contribution is 6.34. The zero-order valence-corrected chi connectivity index (χ0v) is 20.9. The van der Waals surface area contributed by atoms with Crippen molar-refractivity contribution in [2.45, 2.75) is 39.7 Å². The third-order valence-electron chi connectivity index (χ3n) is 6.32. The molecule has 1 saturated heterocycles. The molecule has 1 aliphatic rings. The Hall–Kier alpha value is -3.03. The second-order valence-electron chi connectivity index (χ2n) is 9.51. The highest BCUT2D eigenvalue weighted by Crippen LogP contribution is 2.34. The number of carbonyl (C=O) groups excluding carboxylic acids is 1. The molecule has 3 aromatic rings. The quantitative estimate of drug-likeness (QED) is 0.591. The minimum Gasteiger partial charge on any atom is -0.384 e. The number of benzene rings is 1. The molecule has 2 aromatic heterocycles. The number of aryl methyl sites for hydroxylation is 1. The molecule has 1 aliphatic heterocycles. The van der Waals surface area contributed by atoms with E-state index in [4.69, 9.17) is 17.3 Å². The van der Waals surface area contributed by atoms with Crippen molar-refractivity contribution >= 4 is 23.3 Å². The lowest BCUT2D eigenvalue weighted by Gasteiger charge is -2.42. The topological polar surface area (TPSA) is 88.2 Å². The fraction of sp³-hybridized carbons (Fsp3) is 0.385. The van der Waals surface area contributed by atoms with Gasteiger partial charge in [-0.25, -0.2) is 15.0 Å². The molecule has 8 heteroatoms. The summed E-state index contributed by atoms with van der Waals surface area (Å²) in [6, 6.07) is 9.20. The van der Waals surface area contributed by atoms with Crippen LogP contribution in [0.5, 0.6) is 0 Å². The van der Waals surface area contributed by atoms with E-state index < -0.39 is 0 Å². The van der Waals surface area contributed by atoms with E-state index in [2.05, 4.69) is 47.5 Å². The van der Waals surface area contributed by atoms with Crippen molar-refractivity contribution in [1.82, 2.24) is 24.8 Å². The van der Waals surface area contributed by atoms with Crippen molar-refractivity contribution in [1.29, 1.82) is 0 Å². The predicted molar refractivity (Wildman–Crippen MR) is 137 cm³/mol. The molecule has 178 valence electrons. The molecule has 7 nitrogen and oxygen atoms in total. The van der Waals surface area contributed by atoms with Crippen molar-refractivity contribution in [3.63, 3.8) is 0 Å². The molecule has 2 N–H and O–H groups in total. The summed E-state index contributed by atoms with van der Waals surface area (Å²) in [6.07, 6.45) is 4.03. The van der Waals surface area contributed by atoms with Crippen molar-refractivity contribution in [2.75, 3.05) is 31.9 Å². The van der Waals surface area contributed by atoms with Gasteiger partial charge in [-0.15, -0.1) is 0 Å². The van der Waals surface area contributed by atoms with Gasteiger partial charge < -0.3 is 10.6 Å². The van der Waals surface area contributed by atoms with Crippen LogP contribution in [-0.2, 0) is 6.42 Å². The Labute approximate surface area is 206 Å². The molecule has 0 atom stereocenters. The van der Waals surface area contributed by atoms with Gasteiger partial charge in [-0.1, -0.05) is 24.6 Å². The second-order valence-corrected chi connectivity index (χ2v) is 9.92. The van der Waals surface area contributed by atoms with E-state index in [9.17, 15) is 4.79 Å². The van der Waals surface area contributed by atoms with Crippen LogP contribution in [0.1, 0.15) is 43.7 Å². The normalized spacial score (nSPS) is 14.9. The molecule has 3 heterocycles. The molecule has 0 aliphatic carbocycles. The number of nitrogen functional groups attached to an aromatic ring is 1. The summed E-state index contributed by atoms with van der Waals surface area (Å²) in [5, 5.41) is 0.416. The van der Waals surface area contributed by atoms with Gasteiger partial charge in [0.05, 0.1) is 22.0 Å². The number of nitrogens with zero attached hydrogens (tertiary/aromatic N) is 5. The summed E-state index contributed by atoms with van der Waals surface area (Å²) in [5.41, 5.74) is 10.6. The number of hydrogen-bond donors (Lipinski definition) is 1. The number of halogens is 1. The van der Waals surface area contributed by atoms with Crippen molar-refractivity contribution < 1.29 is 4.79 Å². The number of nitrogens with two attached hydrogens (primary N) is 1. The molecule has 1 aromatic carbocycles. The standard InChI is InChI=1S/C26H31ClN6O/c1-5-21-23(18-7-9-22(28)29-15-18)24(31-16-30-21)17-6-8-19(20(27)14-17)25(34)32-10-12-33(13-11-32)26(2,3)4/h6-9,14-16H,5,10-13H2,1-4H3,(H2,28,29). The first-order chi connectivity index (χ1) is 16.2. The second kappa shape index (κ2) is 9.68. The molecule has 0 radical (unpaired) electrons. The van der Waals surface area contributed by atoms with Gasteiger partial charge in [0.15, 0.2) is 0 Å². The van der Waals surface area contributed by atoms with Gasteiger partial charge in [0.1, 0.15) is 12.1 Å². The lowest BCUT2D eigenvalue weighted by molar-refractivity contribution is 0.0451. The van der Waals surface area contributed by atoms with E-state index in [1.807, 2.05) is 23.1 Å². The minimum atomic E-state index is -0.0370. The number of piperazine rings is 1. The molecule has 0 bridgehead atoms. The molecule has 0 saturated carbocycles. The van der Waals surface area contributed by atoms with Gasteiger partial charge >= 0.3 is 0 Å². The van der Waals surface area contributed by atoms with Crippen LogP contribution in [0.4, 0.5) is 5.82 Å². The molecule has 0 unspecified atom stereocenters. The number of rotatable bonds is 4. The fourth-order valence-electron chi connectivity index (χ4n) is 4.35. The number of carbonyl (C=O) groups is 1. The number of aromatic nitrogens is 3. The summed E-state index contributed by atoms with van der Waals surface area (Å²) < 4.78 is 0. The SMILES string of the molecule is CCc1ncnc(-c2ccc(C(=O)N3CCN(C(C)(C)C)CC3)c(Cl)c2)c1-c1ccc(N)nc1. The monoisotopic (exact) mass is 478 g/mol. The highest BCUT2D eigenvalue weighted by Gasteiger charge is 2.29. The Morgan fingerprint density at radius 3 is 2.32 bits per heavy atom. The maximum absolute atomic E-state index is 13.2. The summed E-state index contributed by atoms with van der Waals surface area (Å²) >= 11 is 6.66. The fourth-order valence-corrected chi connectivity index (χ4v) is 4.61. The van der Waals surface area contributed by atoms with Gasteiger partial charge in [-0.2, -0.15) is 0 Å². The maximum Gasteiger partial charge on any atom is 0.255 e.